The van der Waals surface area contributed by atoms with E-state index in [0.29, 0.717) is 43.3 Å². The van der Waals surface area contributed by atoms with Gasteiger partial charge in [0.2, 0.25) is 5.91 Å². The Morgan fingerprint density at radius 3 is 2.27 bits per heavy atom. The van der Waals surface area contributed by atoms with Crippen LogP contribution in [0.5, 0.6) is 0 Å². The minimum atomic E-state index is -4.45. The van der Waals surface area contributed by atoms with Gasteiger partial charge in [0.1, 0.15) is 10.3 Å². The lowest BCUT2D eigenvalue weighted by Crippen LogP contribution is -2.47. The van der Waals surface area contributed by atoms with Crippen LogP contribution in [0.15, 0.2) is 6.07 Å². The predicted molar refractivity (Wildman–Crippen MR) is 133 cm³/mol. The maximum atomic E-state index is 14.0. The van der Waals surface area contributed by atoms with E-state index in [1.807, 2.05) is 0 Å². The fourth-order valence-electron chi connectivity index (χ4n) is 6.27. The lowest BCUT2D eigenvalue weighted by atomic mass is 9.81. The van der Waals surface area contributed by atoms with Crippen molar-refractivity contribution in [1.82, 2.24) is 0 Å². The van der Waals surface area contributed by atoms with Gasteiger partial charge in [-0.15, -0.1) is 11.3 Å². The van der Waals surface area contributed by atoms with Crippen molar-refractivity contribution in [2.24, 2.45) is 11.8 Å². The normalized spacial score (nSPS) is 31.7. The lowest BCUT2D eigenvalue weighted by molar-refractivity contribution is -0.159. The molecule has 1 unspecified atom stereocenters. The molecular formula is C27H36F3NO5S. The first kappa shape index (κ1) is 26.9. The molecule has 1 aromatic rings. The molecule has 2 heterocycles. The molecule has 206 valence electrons. The number of amides is 1. The first-order valence-electron chi connectivity index (χ1n) is 13.6. The summed E-state index contributed by atoms with van der Waals surface area (Å²) in [4.78, 5) is 27.7. The third-order valence-electron chi connectivity index (χ3n) is 8.81. The summed E-state index contributed by atoms with van der Waals surface area (Å²) >= 11 is 0.691. The topological polar surface area (TPSA) is 76.1 Å². The minimum absolute atomic E-state index is 0.0146. The molecule has 6 nitrogen and oxygen atoms in total. The van der Waals surface area contributed by atoms with Crippen molar-refractivity contribution in [1.29, 1.82) is 0 Å². The molecule has 5 rings (SSSR count). The summed E-state index contributed by atoms with van der Waals surface area (Å²) < 4.78 is 53.4. The van der Waals surface area contributed by atoms with Gasteiger partial charge in [-0.2, -0.15) is 13.2 Å². The fourth-order valence-corrected chi connectivity index (χ4v) is 7.53. The summed E-state index contributed by atoms with van der Waals surface area (Å²) in [5.41, 5.74) is -1.83. The number of anilines is 1. The molecule has 0 bridgehead atoms. The van der Waals surface area contributed by atoms with Crippen LogP contribution in [0.4, 0.5) is 18.9 Å². The van der Waals surface area contributed by atoms with Crippen LogP contribution in [0.25, 0.3) is 0 Å². The quantitative estimate of drug-likeness (QED) is 0.436. The number of carboxylic acids is 1. The number of ether oxygens (including phenoxy) is 2. The van der Waals surface area contributed by atoms with E-state index in [1.165, 1.54) is 6.07 Å². The van der Waals surface area contributed by atoms with Crippen molar-refractivity contribution >= 4 is 28.9 Å². The van der Waals surface area contributed by atoms with Gasteiger partial charge in [-0.3, -0.25) is 4.79 Å². The summed E-state index contributed by atoms with van der Waals surface area (Å²) in [5.74, 6) is -1.11. The summed E-state index contributed by atoms with van der Waals surface area (Å²) in [6.07, 6.45) is 2.45. The highest BCUT2D eigenvalue weighted by atomic mass is 32.1. The highest BCUT2D eigenvalue weighted by Gasteiger charge is 2.65. The summed E-state index contributed by atoms with van der Waals surface area (Å²) in [6.45, 7) is 3.44. The second kappa shape index (κ2) is 10.5. The molecule has 4 fully saturated rings. The SMILES string of the molecule is C[C@H]1CC[C@H](C(=O)N(c2cc(C3(C(F)(F)F)CC3)sc2C(=O)O)[C@H]2CC[C@H](OC3CCOC3)CC2)CC1. The van der Waals surface area contributed by atoms with Gasteiger partial charge < -0.3 is 19.5 Å². The van der Waals surface area contributed by atoms with Crippen LogP contribution in [0, 0.1) is 11.8 Å². The Balaban J connectivity index is 1.43. The Morgan fingerprint density at radius 2 is 1.73 bits per heavy atom. The Morgan fingerprint density at radius 1 is 1.05 bits per heavy atom. The monoisotopic (exact) mass is 543 g/mol. The van der Waals surface area contributed by atoms with Gasteiger partial charge in [-0.1, -0.05) is 6.92 Å². The van der Waals surface area contributed by atoms with Crippen molar-refractivity contribution in [2.45, 2.75) is 107 Å². The zero-order valence-electron chi connectivity index (χ0n) is 21.2. The molecule has 0 aromatic carbocycles. The highest BCUT2D eigenvalue weighted by molar-refractivity contribution is 7.14. The second-order valence-electron chi connectivity index (χ2n) is 11.4. The summed E-state index contributed by atoms with van der Waals surface area (Å²) in [5, 5.41) is 10.0. The molecule has 1 amide bonds. The van der Waals surface area contributed by atoms with E-state index < -0.39 is 17.6 Å². The fraction of sp³-hybridized carbons (Fsp3) is 0.778. The molecule has 1 aromatic heterocycles. The number of alkyl halides is 3. The van der Waals surface area contributed by atoms with Gasteiger partial charge in [-0.25, -0.2) is 4.79 Å². The van der Waals surface area contributed by atoms with Crippen molar-refractivity contribution in [3.63, 3.8) is 0 Å². The lowest BCUT2D eigenvalue weighted by Gasteiger charge is -2.40. The Labute approximate surface area is 219 Å². The van der Waals surface area contributed by atoms with Gasteiger partial charge in [0.15, 0.2) is 0 Å². The number of hydrogen-bond acceptors (Lipinski definition) is 5. The molecule has 37 heavy (non-hydrogen) atoms. The molecule has 1 aliphatic heterocycles. The average Bonchev–Trinajstić information content (AvgIpc) is 3.32. The number of halogens is 3. The number of thiophene rings is 1. The molecular weight excluding hydrogens is 507 g/mol. The van der Waals surface area contributed by atoms with Crippen molar-refractivity contribution in [3.05, 3.63) is 15.8 Å². The van der Waals surface area contributed by atoms with Crippen LogP contribution >= 0.6 is 11.3 Å². The van der Waals surface area contributed by atoms with E-state index in [0.717, 1.165) is 44.9 Å². The maximum absolute atomic E-state index is 14.0. The van der Waals surface area contributed by atoms with Crippen LogP contribution in [0.3, 0.4) is 0 Å². The Hall–Kier alpha value is -1.65. The largest absolute Gasteiger partial charge is 0.477 e. The first-order chi connectivity index (χ1) is 17.6. The molecule has 4 aliphatic rings. The highest BCUT2D eigenvalue weighted by Crippen LogP contribution is 2.61. The van der Waals surface area contributed by atoms with Crippen LogP contribution in [0.2, 0.25) is 0 Å². The molecule has 1 saturated heterocycles. The summed E-state index contributed by atoms with van der Waals surface area (Å²) in [7, 11) is 0. The summed E-state index contributed by atoms with van der Waals surface area (Å²) in [6, 6.07) is 1.12. The number of rotatable bonds is 7. The zero-order chi connectivity index (χ0) is 26.4. The van der Waals surface area contributed by atoms with Crippen LogP contribution < -0.4 is 4.90 Å². The minimum Gasteiger partial charge on any atom is -0.477 e. The van der Waals surface area contributed by atoms with Crippen molar-refractivity contribution < 1.29 is 37.3 Å². The molecule has 1 N–H and O–H groups in total. The van der Waals surface area contributed by atoms with Crippen LogP contribution in [0.1, 0.15) is 92.1 Å². The number of hydrogen-bond donors (Lipinski definition) is 1. The molecule has 3 saturated carbocycles. The van der Waals surface area contributed by atoms with E-state index >= 15 is 0 Å². The van der Waals surface area contributed by atoms with Gasteiger partial charge in [0, 0.05) is 23.4 Å². The number of carbonyl (C=O) groups is 2. The first-order valence-corrected chi connectivity index (χ1v) is 14.4. The number of carboxylic acid groups (broad SMARTS) is 1. The van der Waals surface area contributed by atoms with Gasteiger partial charge in [0.25, 0.3) is 0 Å². The van der Waals surface area contributed by atoms with Crippen molar-refractivity contribution in [2.75, 3.05) is 18.1 Å². The number of nitrogens with zero attached hydrogens (tertiary/aromatic N) is 1. The van der Waals surface area contributed by atoms with Gasteiger partial charge in [-0.05, 0) is 82.6 Å². The number of carbonyl (C=O) groups excluding carboxylic acids is 1. The smallest absolute Gasteiger partial charge is 0.399 e. The zero-order valence-corrected chi connectivity index (χ0v) is 22.0. The van der Waals surface area contributed by atoms with Crippen LogP contribution in [-0.2, 0) is 19.7 Å². The molecule has 0 radical (unpaired) electrons. The Kier molecular flexibility index (Phi) is 7.64. The average molecular weight is 544 g/mol. The Bertz CT molecular complexity index is 985. The van der Waals surface area contributed by atoms with E-state index in [1.54, 1.807) is 4.90 Å². The standard InChI is InChI=1S/C27H36F3NO5S/c1-16-2-4-17(5-3-16)24(32)31(18-6-8-19(9-7-18)36-20-10-13-35-15-20)21-14-22(37-23(21)25(33)34)26(11-12-26)27(28,29)30/h14,16-20H,2-13,15H2,1H3,(H,33,34)/t16-,17-,18-,19-,20?. The van der Waals surface area contributed by atoms with Crippen molar-refractivity contribution in [3.8, 4) is 0 Å². The predicted octanol–water partition coefficient (Wildman–Crippen LogP) is 6.32. The third kappa shape index (κ3) is 5.43. The van der Waals surface area contributed by atoms with Crippen LogP contribution in [-0.4, -0.2) is 54.6 Å². The molecule has 0 spiro atoms. The van der Waals surface area contributed by atoms with Gasteiger partial charge in [0.05, 0.1) is 24.5 Å². The van der Waals surface area contributed by atoms with E-state index in [2.05, 4.69) is 6.92 Å². The van der Waals surface area contributed by atoms with E-state index in [4.69, 9.17) is 9.47 Å². The van der Waals surface area contributed by atoms with E-state index in [9.17, 15) is 27.9 Å². The van der Waals surface area contributed by atoms with Gasteiger partial charge >= 0.3 is 12.1 Å². The number of aromatic carboxylic acids is 1. The molecule has 10 heteroatoms. The van der Waals surface area contributed by atoms with E-state index in [-0.39, 0.29) is 58.4 Å². The second-order valence-corrected chi connectivity index (χ2v) is 12.5. The molecule has 1 atom stereocenters. The maximum Gasteiger partial charge on any atom is 0.399 e. The molecule has 3 aliphatic carbocycles. The third-order valence-corrected chi connectivity index (χ3v) is 10.1.